The first-order chi connectivity index (χ1) is 9.58. The number of allylic oxidation sites excluding steroid dienone is 2. The molecule has 1 aliphatic heterocycles. The van der Waals surface area contributed by atoms with Crippen LogP contribution >= 0.6 is 0 Å². The van der Waals surface area contributed by atoms with Gasteiger partial charge in [-0.25, -0.2) is 0 Å². The second-order valence-electron chi connectivity index (χ2n) is 6.55. The zero-order chi connectivity index (χ0) is 14.0. The smallest absolute Gasteiger partial charge is 0.306 e. The summed E-state index contributed by atoms with van der Waals surface area (Å²) in [5.41, 5.74) is 0. The van der Waals surface area contributed by atoms with E-state index in [4.69, 9.17) is 5.11 Å². The highest BCUT2D eigenvalue weighted by Crippen LogP contribution is 2.53. The van der Waals surface area contributed by atoms with Crippen molar-refractivity contribution in [2.45, 2.75) is 31.7 Å². The van der Waals surface area contributed by atoms with Gasteiger partial charge in [-0.1, -0.05) is 12.2 Å². The minimum absolute atomic E-state index is 0.0483. The van der Waals surface area contributed by atoms with E-state index in [-0.39, 0.29) is 41.5 Å². The summed E-state index contributed by atoms with van der Waals surface area (Å²) >= 11 is 0. The summed E-state index contributed by atoms with van der Waals surface area (Å²) in [6.45, 7) is 0. The van der Waals surface area contributed by atoms with Gasteiger partial charge in [0.15, 0.2) is 0 Å². The summed E-state index contributed by atoms with van der Waals surface area (Å²) in [4.78, 5) is 37.6. The number of nitrogens with zero attached hydrogens (tertiary/aromatic N) is 1. The summed E-state index contributed by atoms with van der Waals surface area (Å²) in [5, 5.41) is 9.06. The quantitative estimate of drug-likeness (QED) is 0.603. The van der Waals surface area contributed by atoms with E-state index in [2.05, 4.69) is 12.2 Å². The lowest BCUT2D eigenvalue weighted by Crippen LogP contribution is -2.40. The molecular weight excluding hydrogens is 258 g/mol. The molecule has 6 atom stereocenters. The second-order valence-corrected chi connectivity index (χ2v) is 6.55. The standard InChI is InChI=1S/C15H17NO4/c17-13-11-7-1-2-8(5-7)12(11)14(18)16(13)10-4-3-9(6-10)15(19)20/h1-2,7-12H,3-6H2,(H,19,20). The van der Waals surface area contributed by atoms with Gasteiger partial charge in [0.25, 0.3) is 0 Å². The van der Waals surface area contributed by atoms with Crippen molar-refractivity contribution in [3.8, 4) is 0 Å². The molecule has 2 bridgehead atoms. The average molecular weight is 275 g/mol. The lowest BCUT2D eigenvalue weighted by Gasteiger charge is -2.24. The van der Waals surface area contributed by atoms with Crippen molar-refractivity contribution in [3.05, 3.63) is 12.2 Å². The number of carboxylic acids is 1. The number of hydrogen-bond acceptors (Lipinski definition) is 3. The van der Waals surface area contributed by atoms with Crippen LogP contribution in [0.25, 0.3) is 0 Å². The Bertz CT molecular complexity index is 510. The molecule has 5 nitrogen and oxygen atoms in total. The van der Waals surface area contributed by atoms with Gasteiger partial charge >= 0.3 is 5.97 Å². The number of carbonyl (C=O) groups is 3. The highest BCUT2D eigenvalue weighted by Gasteiger charge is 2.60. The number of aliphatic carboxylic acids is 1. The van der Waals surface area contributed by atoms with Gasteiger partial charge in [0.05, 0.1) is 17.8 Å². The molecule has 106 valence electrons. The van der Waals surface area contributed by atoms with E-state index in [0.29, 0.717) is 19.3 Å². The van der Waals surface area contributed by atoms with Gasteiger partial charge < -0.3 is 5.11 Å². The maximum atomic E-state index is 12.6. The number of hydrogen-bond donors (Lipinski definition) is 1. The first-order valence-electron chi connectivity index (χ1n) is 7.36. The molecule has 0 radical (unpaired) electrons. The van der Waals surface area contributed by atoms with Crippen LogP contribution in [0.1, 0.15) is 25.7 Å². The van der Waals surface area contributed by atoms with E-state index < -0.39 is 11.9 Å². The van der Waals surface area contributed by atoms with Crippen molar-refractivity contribution in [1.82, 2.24) is 4.90 Å². The summed E-state index contributed by atoms with van der Waals surface area (Å²) in [7, 11) is 0. The van der Waals surface area contributed by atoms with Gasteiger partial charge in [0.2, 0.25) is 11.8 Å². The number of carbonyl (C=O) groups excluding carboxylic acids is 2. The number of imide groups is 1. The monoisotopic (exact) mass is 275 g/mol. The molecule has 1 heterocycles. The highest BCUT2D eigenvalue weighted by molar-refractivity contribution is 6.06. The van der Waals surface area contributed by atoms with Gasteiger partial charge in [0.1, 0.15) is 0 Å². The zero-order valence-corrected chi connectivity index (χ0v) is 11.1. The van der Waals surface area contributed by atoms with Crippen LogP contribution in [0.2, 0.25) is 0 Å². The molecule has 2 amide bonds. The molecule has 20 heavy (non-hydrogen) atoms. The van der Waals surface area contributed by atoms with Gasteiger partial charge in [-0.05, 0) is 37.5 Å². The van der Waals surface area contributed by atoms with Gasteiger partial charge in [-0.3, -0.25) is 19.3 Å². The van der Waals surface area contributed by atoms with E-state index in [1.165, 1.54) is 4.90 Å². The third kappa shape index (κ3) is 1.41. The van der Waals surface area contributed by atoms with Crippen LogP contribution in [0.5, 0.6) is 0 Å². The van der Waals surface area contributed by atoms with Crippen LogP contribution in [-0.2, 0) is 14.4 Å². The maximum Gasteiger partial charge on any atom is 0.306 e. The van der Waals surface area contributed by atoms with Crippen molar-refractivity contribution >= 4 is 17.8 Å². The van der Waals surface area contributed by atoms with E-state index >= 15 is 0 Å². The van der Waals surface area contributed by atoms with Crippen molar-refractivity contribution in [1.29, 1.82) is 0 Å². The van der Waals surface area contributed by atoms with Crippen LogP contribution in [0.15, 0.2) is 12.2 Å². The Kier molecular flexibility index (Phi) is 2.38. The Balaban J connectivity index is 1.58. The van der Waals surface area contributed by atoms with E-state index in [1.54, 1.807) is 0 Å². The molecule has 5 heteroatoms. The summed E-state index contributed by atoms with van der Waals surface area (Å²) in [6.07, 6.45) is 6.72. The van der Waals surface area contributed by atoms with Gasteiger partial charge in [-0.2, -0.15) is 0 Å². The largest absolute Gasteiger partial charge is 0.481 e. The lowest BCUT2D eigenvalue weighted by atomic mass is 9.85. The number of amides is 2. The minimum atomic E-state index is -0.812. The van der Waals surface area contributed by atoms with Crippen LogP contribution in [0.4, 0.5) is 0 Å². The molecule has 4 aliphatic rings. The Hall–Kier alpha value is -1.65. The van der Waals surface area contributed by atoms with Crippen LogP contribution in [0, 0.1) is 29.6 Å². The number of rotatable bonds is 2. The molecule has 0 aromatic heterocycles. The normalized spacial score (nSPS) is 45.5. The molecule has 3 aliphatic carbocycles. The average Bonchev–Trinajstić information content (AvgIpc) is 3.13. The van der Waals surface area contributed by atoms with Gasteiger partial charge in [-0.15, -0.1) is 0 Å². The molecule has 1 N–H and O–H groups in total. The number of fused-ring (bicyclic) bond motifs is 5. The molecule has 6 unspecified atom stereocenters. The molecule has 3 fully saturated rings. The Morgan fingerprint density at radius 1 is 1.05 bits per heavy atom. The van der Waals surface area contributed by atoms with Crippen molar-refractivity contribution in [3.63, 3.8) is 0 Å². The second kappa shape index (κ2) is 3.93. The Morgan fingerprint density at radius 2 is 1.65 bits per heavy atom. The SMILES string of the molecule is O=C(O)C1CCC(N2C(=O)C3C4C=CC(C4)C3C2=O)C1. The van der Waals surface area contributed by atoms with Crippen molar-refractivity contribution in [2.24, 2.45) is 29.6 Å². The summed E-state index contributed by atoms with van der Waals surface area (Å²) < 4.78 is 0. The predicted molar refractivity (Wildman–Crippen MR) is 68.3 cm³/mol. The van der Waals surface area contributed by atoms with Crippen LogP contribution < -0.4 is 0 Å². The van der Waals surface area contributed by atoms with E-state index in [1.807, 2.05) is 0 Å². The predicted octanol–water partition coefficient (Wildman–Crippen LogP) is 1.05. The van der Waals surface area contributed by atoms with Crippen molar-refractivity contribution < 1.29 is 19.5 Å². The molecule has 1 saturated heterocycles. The summed E-state index contributed by atoms with van der Waals surface area (Å²) in [5.74, 6) is -1.20. The molecule has 0 spiro atoms. The molecular formula is C15H17NO4. The van der Waals surface area contributed by atoms with E-state index in [0.717, 1.165) is 6.42 Å². The minimum Gasteiger partial charge on any atom is -0.481 e. The number of carboxylic acid groups (broad SMARTS) is 1. The fraction of sp³-hybridized carbons (Fsp3) is 0.667. The highest BCUT2D eigenvalue weighted by atomic mass is 16.4. The fourth-order valence-corrected chi connectivity index (χ4v) is 4.70. The molecule has 4 rings (SSSR count). The van der Waals surface area contributed by atoms with Gasteiger partial charge in [0, 0.05) is 6.04 Å². The van der Waals surface area contributed by atoms with Crippen LogP contribution in [0.3, 0.4) is 0 Å². The molecule has 2 saturated carbocycles. The third-order valence-electron chi connectivity index (χ3n) is 5.62. The Labute approximate surface area is 116 Å². The maximum absolute atomic E-state index is 12.6. The first kappa shape index (κ1) is 12.1. The van der Waals surface area contributed by atoms with Crippen molar-refractivity contribution in [2.75, 3.05) is 0 Å². The summed E-state index contributed by atoms with van der Waals surface area (Å²) in [6, 6.07) is -0.193. The number of likely N-dealkylation sites (tertiary alicyclic amines) is 1. The lowest BCUT2D eigenvalue weighted by molar-refractivity contribution is -0.145. The fourth-order valence-electron chi connectivity index (χ4n) is 4.70. The zero-order valence-electron chi connectivity index (χ0n) is 11.1. The Morgan fingerprint density at radius 3 is 2.15 bits per heavy atom. The first-order valence-corrected chi connectivity index (χ1v) is 7.36. The molecule has 0 aromatic rings. The third-order valence-corrected chi connectivity index (χ3v) is 5.62. The topological polar surface area (TPSA) is 74.7 Å². The molecule has 0 aromatic carbocycles. The van der Waals surface area contributed by atoms with Crippen LogP contribution in [-0.4, -0.2) is 33.8 Å². The van der Waals surface area contributed by atoms with E-state index in [9.17, 15) is 14.4 Å².